The van der Waals surface area contributed by atoms with Crippen LogP contribution in [0.5, 0.6) is 0 Å². The van der Waals surface area contributed by atoms with E-state index in [0.717, 1.165) is 19.1 Å². The molecule has 1 amide bonds. The lowest BCUT2D eigenvalue weighted by Gasteiger charge is -2.22. The van der Waals surface area contributed by atoms with Crippen molar-refractivity contribution in [2.45, 2.75) is 18.9 Å². The maximum absolute atomic E-state index is 12.8. The van der Waals surface area contributed by atoms with Gasteiger partial charge in [-0.25, -0.2) is 4.79 Å². The quantitative estimate of drug-likeness (QED) is 0.506. The van der Waals surface area contributed by atoms with Gasteiger partial charge in [0.25, 0.3) is 5.91 Å². The molecule has 1 saturated heterocycles. The fourth-order valence-electron chi connectivity index (χ4n) is 3.13. The molecule has 1 fully saturated rings. The standard InChI is InChI=1S/C20H23N5O4/c1-28-20(27)18-17(12-25(24-18)16-5-7-29-8-6-16)23-19(26)14-4-2-3-13(9-14)15(10-21)11-22/h2-4,9-12,16,21H,5-8,22H2,1H3,(H,23,26)/b15-11+,21-10?. The number of nitrogens with zero attached hydrogens (tertiary/aromatic N) is 2. The molecular formula is C20H23N5O4. The van der Waals surface area contributed by atoms with Crippen molar-refractivity contribution in [2.75, 3.05) is 25.6 Å². The summed E-state index contributed by atoms with van der Waals surface area (Å²) in [7, 11) is 1.27. The minimum Gasteiger partial charge on any atom is -0.464 e. The van der Waals surface area contributed by atoms with Crippen LogP contribution in [-0.4, -0.2) is 48.2 Å². The Bertz CT molecular complexity index is 944. The lowest BCUT2D eigenvalue weighted by atomic mass is 10.0. The highest BCUT2D eigenvalue weighted by Crippen LogP contribution is 2.25. The van der Waals surface area contributed by atoms with Crippen LogP contribution in [0.2, 0.25) is 0 Å². The third-order valence-electron chi connectivity index (χ3n) is 4.72. The molecule has 29 heavy (non-hydrogen) atoms. The van der Waals surface area contributed by atoms with Gasteiger partial charge in [0.2, 0.25) is 0 Å². The molecule has 1 aliphatic rings. The molecule has 1 aliphatic heterocycles. The normalized spacial score (nSPS) is 15.0. The number of allylic oxidation sites excluding steroid dienone is 1. The number of carbonyl (C=O) groups excluding carboxylic acids is 2. The molecule has 1 aromatic carbocycles. The van der Waals surface area contributed by atoms with Crippen LogP contribution in [0, 0.1) is 5.41 Å². The number of aromatic nitrogens is 2. The number of hydrogen-bond donors (Lipinski definition) is 3. The molecule has 2 heterocycles. The third kappa shape index (κ3) is 4.52. The Kier molecular flexibility index (Phi) is 6.40. The lowest BCUT2D eigenvalue weighted by Crippen LogP contribution is -2.20. The highest BCUT2D eigenvalue weighted by Gasteiger charge is 2.24. The summed E-state index contributed by atoms with van der Waals surface area (Å²) in [6.07, 6.45) is 5.61. The lowest BCUT2D eigenvalue weighted by molar-refractivity contribution is 0.0583. The monoisotopic (exact) mass is 397 g/mol. The summed E-state index contributed by atoms with van der Waals surface area (Å²) in [4.78, 5) is 24.9. The summed E-state index contributed by atoms with van der Waals surface area (Å²) in [6.45, 7) is 1.24. The zero-order chi connectivity index (χ0) is 20.8. The number of anilines is 1. The molecule has 9 nitrogen and oxygen atoms in total. The number of benzene rings is 1. The molecule has 0 aliphatic carbocycles. The summed E-state index contributed by atoms with van der Waals surface area (Å²) in [5.41, 5.74) is 7.33. The van der Waals surface area contributed by atoms with E-state index in [1.165, 1.54) is 13.3 Å². The van der Waals surface area contributed by atoms with Gasteiger partial charge in [-0.05, 0) is 30.5 Å². The average Bonchev–Trinajstić information content (AvgIpc) is 3.18. The van der Waals surface area contributed by atoms with Crippen LogP contribution in [-0.2, 0) is 9.47 Å². The van der Waals surface area contributed by atoms with Gasteiger partial charge < -0.3 is 25.9 Å². The first-order valence-corrected chi connectivity index (χ1v) is 9.16. The van der Waals surface area contributed by atoms with Crippen LogP contribution in [0.25, 0.3) is 5.57 Å². The molecule has 3 rings (SSSR count). The van der Waals surface area contributed by atoms with Crippen molar-refractivity contribution in [3.8, 4) is 0 Å². The Balaban J connectivity index is 1.87. The van der Waals surface area contributed by atoms with Crippen LogP contribution in [0.15, 0.2) is 36.7 Å². The second-order valence-electron chi connectivity index (χ2n) is 6.51. The number of nitrogens with one attached hydrogen (secondary N) is 2. The van der Waals surface area contributed by atoms with E-state index in [2.05, 4.69) is 10.4 Å². The summed E-state index contributed by atoms with van der Waals surface area (Å²) < 4.78 is 11.9. The number of ether oxygens (including phenoxy) is 2. The first-order valence-electron chi connectivity index (χ1n) is 9.16. The second kappa shape index (κ2) is 9.16. The molecule has 2 aromatic rings. The number of amides is 1. The van der Waals surface area contributed by atoms with Gasteiger partial charge in [-0.1, -0.05) is 12.1 Å². The first kappa shape index (κ1) is 20.3. The van der Waals surface area contributed by atoms with Crippen molar-refractivity contribution in [2.24, 2.45) is 5.73 Å². The molecule has 0 atom stereocenters. The first-order chi connectivity index (χ1) is 14.1. The topological polar surface area (TPSA) is 132 Å². The number of carbonyl (C=O) groups is 2. The van der Waals surface area contributed by atoms with E-state index >= 15 is 0 Å². The number of hydrogen-bond acceptors (Lipinski definition) is 7. The van der Waals surface area contributed by atoms with Crippen molar-refractivity contribution in [3.05, 3.63) is 53.5 Å². The van der Waals surface area contributed by atoms with Crippen molar-refractivity contribution in [1.82, 2.24) is 9.78 Å². The van der Waals surface area contributed by atoms with Gasteiger partial charge in [0, 0.05) is 43.0 Å². The Hall–Kier alpha value is -3.46. The van der Waals surface area contributed by atoms with E-state index in [1.54, 1.807) is 35.1 Å². The van der Waals surface area contributed by atoms with Crippen LogP contribution in [0.4, 0.5) is 5.69 Å². The SMILES string of the molecule is COC(=O)c1nn(C2CCOCC2)cc1NC(=O)c1cccc(/C(C=N)=C/N)c1. The molecular weight excluding hydrogens is 374 g/mol. The molecule has 0 radical (unpaired) electrons. The Morgan fingerprint density at radius 1 is 1.34 bits per heavy atom. The van der Waals surface area contributed by atoms with Crippen molar-refractivity contribution in [1.29, 1.82) is 5.41 Å². The minimum atomic E-state index is -0.628. The summed E-state index contributed by atoms with van der Waals surface area (Å²) in [5, 5.41) is 14.5. The molecule has 9 heteroatoms. The summed E-state index contributed by atoms with van der Waals surface area (Å²) in [5.74, 6) is -1.04. The van der Waals surface area contributed by atoms with Crippen molar-refractivity contribution >= 4 is 29.4 Å². The van der Waals surface area contributed by atoms with E-state index in [0.29, 0.717) is 29.9 Å². The van der Waals surface area contributed by atoms with E-state index in [-0.39, 0.29) is 17.4 Å². The average molecular weight is 397 g/mol. The van der Waals surface area contributed by atoms with Crippen LogP contribution >= 0.6 is 0 Å². The van der Waals surface area contributed by atoms with Gasteiger partial charge in [0.05, 0.1) is 18.8 Å². The summed E-state index contributed by atoms with van der Waals surface area (Å²) in [6, 6.07) is 6.80. The van der Waals surface area contributed by atoms with E-state index < -0.39 is 11.9 Å². The summed E-state index contributed by atoms with van der Waals surface area (Å²) >= 11 is 0. The van der Waals surface area contributed by atoms with Gasteiger partial charge >= 0.3 is 5.97 Å². The molecule has 1 aromatic heterocycles. The van der Waals surface area contributed by atoms with Gasteiger partial charge in [-0.3, -0.25) is 9.48 Å². The zero-order valence-corrected chi connectivity index (χ0v) is 16.1. The highest BCUT2D eigenvalue weighted by atomic mass is 16.5. The Morgan fingerprint density at radius 3 is 2.72 bits per heavy atom. The van der Waals surface area contributed by atoms with Crippen LogP contribution < -0.4 is 11.1 Å². The molecule has 0 spiro atoms. The zero-order valence-electron chi connectivity index (χ0n) is 16.1. The minimum absolute atomic E-state index is 0.0468. The van der Waals surface area contributed by atoms with Gasteiger partial charge in [-0.15, -0.1) is 0 Å². The van der Waals surface area contributed by atoms with Gasteiger partial charge in [0.1, 0.15) is 0 Å². The maximum atomic E-state index is 12.8. The highest BCUT2D eigenvalue weighted by molar-refractivity contribution is 6.11. The predicted octanol–water partition coefficient (Wildman–Crippen LogP) is 2.22. The Labute approximate surface area is 168 Å². The van der Waals surface area contributed by atoms with Gasteiger partial charge in [-0.2, -0.15) is 5.10 Å². The number of methoxy groups -OCH3 is 1. The second-order valence-corrected chi connectivity index (χ2v) is 6.51. The number of rotatable bonds is 6. The third-order valence-corrected chi connectivity index (χ3v) is 4.72. The maximum Gasteiger partial charge on any atom is 0.360 e. The predicted molar refractivity (Wildman–Crippen MR) is 108 cm³/mol. The van der Waals surface area contributed by atoms with E-state index in [1.807, 2.05) is 0 Å². The largest absolute Gasteiger partial charge is 0.464 e. The van der Waals surface area contributed by atoms with Crippen LogP contribution in [0.3, 0.4) is 0 Å². The van der Waals surface area contributed by atoms with Gasteiger partial charge in [0.15, 0.2) is 5.69 Å². The molecule has 152 valence electrons. The number of nitrogens with two attached hydrogens (primary N) is 1. The van der Waals surface area contributed by atoms with Crippen molar-refractivity contribution in [3.63, 3.8) is 0 Å². The molecule has 0 saturated carbocycles. The van der Waals surface area contributed by atoms with E-state index in [9.17, 15) is 9.59 Å². The number of esters is 1. The van der Waals surface area contributed by atoms with E-state index in [4.69, 9.17) is 20.6 Å². The fraction of sp³-hybridized carbons (Fsp3) is 0.300. The molecule has 4 N–H and O–H groups in total. The fourth-order valence-corrected chi connectivity index (χ4v) is 3.13. The van der Waals surface area contributed by atoms with Crippen LogP contribution in [0.1, 0.15) is 45.3 Å². The Morgan fingerprint density at radius 2 is 2.07 bits per heavy atom. The van der Waals surface area contributed by atoms with Crippen molar-refractivity contribution < 1.29 is 19.1 Å². The molecule has 0 bridgehead atoms. The smallest absolute Gasteiger partial charge is 0.360 e. The molecule has 0 unspecified atom stereocenters.